The zero-order valence-electron chi connectivity index (χ0n) is 10.4. The Labute approximate surface area is 108 Å². The Morgan fingerprint density at radius 1 is 1.18 bits per heavy atom. The number of amides is 1. The minimum atomic E-state index is -0.324. The molecule has 98 valence electrons. The Hall–Kier alpha value is -0.220. The molecule has 1 aliphatic carbocycles. The van der Waals surface area contributed by atoms with Crippen LogP contribution in [0, 0.1) is 5.92 Å². The summed E-state index contributed by atoms with van der Waals surface area (Å²) in [6.07, 6.45) is 6.67. The number of aliphatic hydroxyl groups is 1. The molecule has 0 aromatic carbocycles. The van der Waals surface area contributed by atoms with Gasteiger partial charge >= 0.3 is 0 Å². The van der Waals surface area contributed by atoms with Crippen molar-refractivity contribution in [1.29, 1.82) is 0 Å². The Bertz CT molecular complexity index is 254. The van der Waals surface area contributed by atoms with Crippen molar-refractivity contribution in [2.24, 2.45) is 5.92 Å². The fourth-order valence-corrected chi connectivity index (χ4v) is 3.96. The van der Waals surface area contributed by atoms with Crippen LogP contribution >= 0.6 is 11.8 Å². The predicted molar refractivity (Wildman–Crippen MR) is 71.1 cm³/mol. The van der Waals surface area contributed by atoms with E-state index in [0.29, 0.717) is 12.3 Å². The molecule has 3 nitrogen and oxygen atoms in total. The predicted octanol–water partition coefficient (Wildman–Crippen LogP) is 1.94. The third-order valence-electron chi connectivity index (χ3n) is 3.89. The molecule has 2 atom stereocenters. The number of thioether (sulfide) groups is 1. The highest BCUT2D eigenvalue weighted by molar-refractivity contribution is 7.99. The fourth-order valence-electron chi connectivity index (χ4n) is 2.76. The van der Waals surface area contributed by atoms with E-state index in [4.69, 9.17) is 0 Å². The van der Waals surface area contributed by atoms with Gasteiger partial charge in [-0.1, -0.05) is 12.8 Å². The first kappa shape index (κ1) is 13.2. The quantitative estimate of drug-likeness (QED) is 0.812. The van der Waals surface area contributed by atoms with Crippen molar-refractivity contribution in [2.75, 3.05) is 11.5 Å². The van der Waals surface area contributed by atoms with Crippen molar-refractivity contribution in [1.82, 2.24) is 5.32 Å². The van der Waals surface area contributed by atoms with Gasteiger partial charge in [-0.2, -0.15) is 11.8 Å². The van der Waals surface area contributed by atoms with E-state index in [0.717, 1.165) is 25.7 Å². The lowest BCUT2D eigenvalue weighted by Gasteiger charge is -2.29. The third-order valence-corrected chi connectivity index (χ3v) is 4.94. The molecule has 17 heavy (non-hydrogen) atoms. The van der Waals surface area contributed by atoms with E-state index >= 15 is 0 Å². The summed E-state index contributed by atoms with van der Waals surface area (Å²) < 4.78 is 0. The molecule has 0 aromatic rings. The van der Waals surface area contributed by atoms with Gasteiger partial charge < -0.3 is 10.4 Å². The number of carbonyl (C=O) groups is 1. The number of hydrogen-bond donors (Lipinski definition) is 2. The number of aliphatic hydroxyl groups excluding tert-OH is 1. The smallest absolute Gasteiger partial charge is 0.220 e. The summed E-state index contributed by atoms with van der Waals surface area (Å²) in [6, 6.07) is 0.00853. The SMILES string of the molecule is O=C(CC1CCSCC1)NC1CCCCC1O. The number of rotatable bonds is 3. The summed E-state index contributed by atoms with van der Waals surface area (Å²) in [5.74, 6) is 3.11. The monoisotopic (exact) mass is 257 g/mol. The molecule has 2 N–H and O–H groups in total. The van der Waals surface area contributed by atoms with Crippen LogP contribution in [-0.2, 0) is 4.79 Å². The van der Waals surface area contributed by atoms with E-state index in [1.54, 1.807) is 0 Å². The molecule has 1 heterocycles. The minimum Gasteiger partial charge on any atom is -0.391 e. The van der Waals surface area contributed by atoms with Crippen LogP contribution in [0.25, 0.3) is 0 Å². The standard InChI is InChI=1S/C13H23NO2S/c15-12-4-2-1-3-11(12)14-13(16)9-10-5-7-17-8-6-10/h10-12,15H,1-9H2,(H,14,16). The molecular weight excluding hydrogens is 234 g/mol. The maximum absolute atomic E-state index is 11.9. The molecule has 1 amide bonds. The van der Waals surface area contributed by atoms with Crippen molar-refractivity contribution in [3.63, 3.8) is 0 Å². The average molecular weight is 257 g/mol. The Balaban J connectivity index is 1.72. The zero-order valence-corrected chi connectivity index (χ0v) is 11.2. The van der Waals surface area contributed by atoms with Gasteiger partial charge in [-0.05, 0) is 43.1 Å². The van der Waals surface area contributed by atoms with Gasteiger partial charge in [0.2, 0.25) is 5.91 Å². The first-order valence-electron chi connectivity index (χ1n) is 6.81. The summed E-state index contributed by atoms with van der Waals surface area (Å²) in [6.45, 7) is 0. The molecule has 1 saturated heterocycles. The molecule has 0 bridgehead atoms. The highest BCUT2D eigenvalue weighted by atomic mass is 32.2. The number of nitrogens with one attached hydrogen (secondary N) is 1. The summed E-state index contributed by atoms with van der Waals surface area (Å²) >= 11 is 1.99. The van der Waals surface area contributed by atoms with Crippen LogP contribution in [0.1, 0.15) is 44.9 Å². The molecular formula is C13H23NO2S. The average Bonchev–Trinajstić information content (AvgIpc) is 2.33. The van der Waals surface area contributed by atoms with Crippen LogP contribution in [0.3, 0.4) is 0 Å². The Morgan fingerprint density at radius 3 is 2.59 bits per heavy atom. The topological polar surface area (TPSA) is 49.3 Å². The van der Waals surface area contributed by atoms with Crippen LogP contribution in [0.15, 0.2) is 0 Å². The molecule has 0 aromatic heterocycles. The zero-order chi connectivity index (χ0) is 12.1. The van der Waals surface area contributed by atoms with Crippen LogP contribution in [-0.4, -0.2) is 34.7 Å². The fraction of sp³-hybridized carbons (Fsp3) is 0.923. The maximum Gasteiger partial charge on any atom is 0.220 e. The summed E-state index contributed by atoms with van der Waals surface area (Å²) in [4.78, 5) is 11.9. The molecule has 2 rings (SSSR count). The molecule has 0 spiro atoms. The van der Waals surface area contributed by atoms with Crippen molar-refractivity contribution in [2.45, 2.75) is 57.1 Å². The van der Waals surface area contributed by atoms with E-state index < -0.39 is 0 Å². The molecule has 1 aliphatic heterocycles. The van der Waals surface area contributed by atoms with Crippen molar-refractivity contribution in [3.8, 4) is 0 Å². The van der Waals surface area contributed by atoms with Gasteiger partial charge in [0, 0.05) is 6.42 Å². The Kier molecular flexibility index (Phi) is 5.16. The van der Waals surface area contributed by atoms with E-state index in [1.165, 1.54) is 24.3 Å². The van der Waals surface area contributed by atoms with Gasteiger partial charge in [-0.25, -0.2) is 0 Å². The second kappa shape index (κ2) is 6.64. The Morgan fingerprint density at radius 2 is 1.88 bits per heavy atom. The molecule has 1 saturated carbocycles. The largest absolute Gasteiger partial charge is 0.391 e. The lowest BCUT2D eigenvalue weighted by atomic mass is 9.92. The molecule has 4 heteroatoms. The van der Waals surface area contributed by atoms with Gasteiger partial charge in [0.05, 0.1) is 12.1 Å². The molecule has 0 radical (unpaired) electrons. The van der Waals surface area contributed by atoms with E-state index in [9.17, 15) is 9.90 Å². The molecule has 2 fully saturated rings. The van der Waals surface area contributed by atoms with Crippen molar-refractivity contribution < 1.29 is 9.90 Å². The van der Waals surface area contributed by atoms with Crippen molar-refractivity contribution in [3.05, 3.63) is 0 Å². The normalized spacial score (nSPS) is 31.1. The maximum atomic E-state index is 11.9. The van der Waals surface area contributed by atoms with E-state index in [2.05, 4.69) is 5.32 Å². The molecule has 2 aliphatic rings. The number of hydrogen-bond acceptors (Lipinski definition) is 3. The molecule has 2 unspecified atom stereocenters. The minimum absolute atomic E-state index is 0.00853. The van der Waals surface area contributed by atoms with E-state index in [-0.39, 0.29) is 18.1 Å². The van der Waals surface area contributed by atoms with Gasteiger partial charge in [-0.3, -0.25) is 4.79 Å². The van der Waals surface area contributed by atoms with Crippen molar-refractivity contribution >= 4 is 17.7 Å². The van der Waals surface area contributed by atoms with Gasteiger partial charge in [-0.15, -0.1) is 0 Å². The second-order valence-electron chi connectivity index (χ2n) is 5.29. The summed E-state index contributed by atoms with van der Waals surface area (Å²) in [5, 5.41) is 12.8. The highest BCUT2D eigenvalue weighted by Gasteiger charge is 2.25. The van der Waals surface area contributed by atoms with Crippen LogP contribution in [0.2, 0.25) is 0 Å². The van der Waals surface area contributed by atoms with Crippen LogP contribution in [0.4, 0.5) is 0 Å². The van der Waals surface area contributed by atoms with E-state index in [1.807, 2.05) is 11.8 Å². The van der Waals surface area contributed by atoms with Gasteiger partial charge in [0.25, 0.3) is 0 Å². The van der Waals surface area contributed by atoms with Crippen LogP contribution < -0.4 is 5.32 Å². The first-order chi connectivity index (χ1) is 8.25. The summed E-state index contributed by atoms with van der Waals surface area (Å²) in [5.41, 5.74) is 0. The highest BCUT2D eigenvalue weighted by Crippen LogP contribution is 2.25. The van der Waals surface area contributed by atoms with Gasteiger partial charge in [0.15, 0.2) is 0 Å². The summed E-state index contributed by atoms with van der Waals surface area (Å²) in [7, 11) is 0. The van der Waals surface area contributed by atoms with Crippen LogP contribution in [0.5, 0.6) is 0 Å². The lowest BCUT2D eigenvalue weighted by molar-refractivity contribution is -0.124. The lowest BCUT2D eigenvalue weighted by Crippen LogP contribution is -2.45. The first-order valence-corrected chi connectivity index (χ1v) is 7.96. The van der Waals surface area contributed by atoms with Gasteiger partial charge in [0.1, 0.15) is 0 Å². The number of carbonyl (C=O) groups excluding carboxylic acids is 1. The third kappa shape index (κ3) is 4.18. The second-order valence-corrected chi connectivity index (χ2v) is 6.51.